The van der Waals surface area contributed by atoms with Gasteiger partial charge in [0, 0.05) is 13.2 Å². The highest BCUT2D eigenvalue weighted by Gasteiger charge is 1.98. The van der Waals surface area contributed by atoms with Crippen molar-refractivity contribution in [2.24, 2.45) is 5.92 Å². The Labute approximate surface area is 63.1 Å². The van der Waals surface area contributed by atoms with Crippen molar-refractivity contribution < 1.29 is 4.74 Å². The number of hydrogen-bond donors (Lipinski definition) is 0. The van der Waals surface area contributed by atoms with Gasteiger partial charge in [-0.25, -0.2) is 0 Å². The van der Waals surface area contributed by atoms with Crippen LogP contribution >= 0.6 is 0 Å². The maximum absolute atomic E-state index is 5.38. The minimum Gasteiger partial charge on any atom is -0.381 e. The molecular weight excluding hydrogens is 124 g/mol. The fourth-order valence-corrected chi connectivity index (χ4v) is 1.10. The Morgan fingerprint density at radius 3 is 3.20 bits per heavy atom. The summed E-state index contributed by atoms with van der Waals surface area (Å²) in [7, 11) is 0. The molecule has 1 rings (SSSR count). The Morgan fingerprint density at radius 1 is 1.40 bits per heavy atom. The van der Waals surface area contributed by atoms with Crippen molar-refractivity contribution in [3.8, 4) is 0 Å². The molecule has 0 amide bonds. The highest BCUT2D eigenvalue weighted by molar-refractivity contribution is 4.86. The molecule has 0 saturated heterocycles. The third-order valence-electron chi connectivity index (χ3n) is 1.84. The molecule has 0 radical (unpaired) electrons. The van der Waals surface area contributed by atoms with Crippen molar-refractivity contribution in [2.45, 2.75) is 26.2 Å². The van der Waals surface area contributed by atoms with Crippen molar-refractivity contribution in [3.05, 3.63) is 12.2 Å². The topological polar surface area (TPSA) is 9.23 Å². The lowest BCUT2D eigenvalue weighted by Crippen LogP contribution is -1.99. The highest BCUT2D eigenvalue weighted by atomic mass is 16.5. The van der Waals surface area contributed by atoms with E-state index in [0.29, 0.717) is 5.92 Å². The monoisotopic (exact) mass is 140 g/mol. The summed E-state index contributed by atoms with van der Waals surface area (Å²) in [6.45, 7) is 4.12. The lowest BCUT2D eigenvalue weighted by atomic mass is 10.1. The van der Waals surface area contributed by atoms with Crippen LogP contribution in [-0.4, -0.2) is 13.2 Å². The van der Waals surface area contributed by atoms with Gasteiger partial charge < -0.3 is 4.74 Å². The van der Waals surface area contributed by atoms with Crippen LogP contribution in [0.2, 0.25) is 0 Å². The van der Waals surface area contributed by atoms with Crippen LogP contribution in [0.4, 0.5) is 0 Å². The predicted octanol–water partition coefficient (Wildman–Crippen LogP) is 2.38. The summed E-state index contributed by atoms with van der Waals surface area (Å²) in [6.07, 6.45) is 8.12. The van der Waals surface area contributed by atoms with Crippen LogP contribution in [0, 0.1) is 5.92 Å². The molecule has 1 nitrogen and oxygen atoms in total. The Balaban J connectivity index is 2.28. The molecule has 0 spiro atoms. The number of allylic oxidation sites excluding steroid dienone is 2. The van der Waals surface area contributed by atoms with E-state index in [1.807, 2.05) is 0 Å². The first-order valence-electron chi connectivity index (χ1n) is 4.14. The molecule has 0 N–H and O–H groups in total. The van der Waals surface area contributed by atoms with Gasteiger partial charge in [0.25, 0.3) is 0 Å². The van der Waals surface area contributed by atoms with Gasteiger partial charge in [0.15, 0.2) is 0 Å². The third-order valence-corrected chi connectivity index (χ3v) is 1.84. The summed E-state index contributed by atoms with van der Waals surface area (Å²) >= 11 is 0. The molecule has 0 saturated carbocycles. The number of ether oxygens (including phenoxy) is 1. The average Bonchev–Trinajstić information content (AvgIpc) is 2.02. The van der Waals surface area contributed by atoms with Crippen LogP contribution < -0.4 is 0 Å². The van der Waals surface area contributed by atoms with Gasteiger partial charge in [0.1, 0.15) is 0 Å². The molecule has 1 heteroatoms. The van der Waals surface area contributed by atoms with E-state index >= 15 is 0 Å². The maximum atomic E-state index is 5.38. The van der Waals surface area contributed by atoms with E-state index in [4.69, 9.17) is 4.74 Å². The molecular formula is C9H16O. The molecule has 0 aromatic carbocycles. The smallest absolute Gasteiger partial charge is 0.0471 e. The fourth-order valence-electron chi connectivity index (χ4n) is 1.10. The van der Waals surface area contributed by atoms with Gasteiger partial charge in [0.2, 0.25) is 0 Å². The molecule has 1 unspecified atom stereocenters. The van der Waals surface area contributed by atoms with E-state index < -0.39 is 0 Å². The summed E-state index contributed by atoms with van der Waals surface area (Å²) in [5, 5.41) is 0. The van der Waals surface area contributed by atoms with Crippen molar-refractivity contribution >= 4 is 0 Å². The van der Waals surface area contributed by atoms with Gasteiger partial charge in [-0.1, -0.05) is 19.1 Å². The van der Waals surface area contributed by atoms with E-state index in [0.717, 1.165) is 13.2 Å². The van der Waals surface area contributed by atoms with Crippen molar-refractivity contribution in [2.75, 3.05) is 13.2 Å². The predicted molar refractivity (Wildman–Crippen MR) is 43.0 cm³/mol. The molecule has 1 atom stereocenters. The second-order valence-corrected chi connectivity index (χ2v) is 2.95. The first kappa shape index (κ1) is 7.80. The van der Waals surface area contributed by atoms with Gasteiger partial charge in [-0.3, -0.25) is 0 Å². The number of rotatable bonds is 0. The summed E-state index contributed by atoms with van der Waals surface area (Å²) < 4.78 is 5.38. The van der Waals surface area contributed by atoms with E-state index in [1.165, 1.54) is 19.3 Å². The third kappa shape index (κ3) is 3.02. The zero-order valence-electron chi connectivity index (χ0n) is 6.68. The van der Waals surface area contributed by atoms with E-state index in [1.54, 1.807) is 0 Å². The second-order valence-electron chi connectivity index (χ2n) is 2.95. The van der Waals surface area contributed by atoms with Gasteiger partial charge in [-0.15, -0.1) is 0 Å². The van der Waals surface area contributed by atoms with Crippen LogP contribution in [0.25, 0.3) is 0 Å². The Kier molecular flexibility index (Phi) is 3.52. The Morgan fingerprint density at radius 2 is 2.30 bits per heavy atom. The van der Waals surface area contributed by atoms with Gasteiger partial charge >= 0.3 is 0 Å². The zero-order valence-corrected chi connectivity index (χ0v) is 6.68. The first-order valence-corrected chi connectivity index (χ1v) is 4.14. The summed E-state index contributed by atoms with van der Waals surface area (Å²) in [6, 6.07) is 0. The quantitative estimate of drug-likeness (QED) is 0.469. The van der Waals surface area contributed by atoms with Crippen LogP contribution in [0.3, 0.4) is 0 Å². The molecule has 0 fully saturated rings. The summed E-state index contributed by atoms with van der Waals surface area (Å²) in [4.78, 5) is 0. The standard InChI is InChI=1S/C9H16O/c1-9-5-3-2-4-7-10-8-6-9/h3,5,9H,2,4,6-8H2,1H3/b5-3-. The lowest BCUT2D eigenvalue weighted by molar-refractivity contribution is 0.126. The van der Waals surface area contributed by atoms with E-state index in [2.05, 4.69) is 19.1 Å². The van der Waals surface area contributed by atoms with Crippen LogP contribution in [0.5, 0.6) is 0 Å². The molecule has 10 heavy (non-hydrogen) atoms. The highest BCUT2D eigenvalue weighted by Crippen LogP contribution is 2.07. The SMILES string of the molecule is CC1/C=C\CCCOCC1. The van der Waals surface area contributed by atoms with Gasteiger partial charge in [0.05, 0.1) is 0 Å². The summed E-state index contributed by atoms with van der Waals surface area (Å²) in [5.74, 6) is 0.707. The molecule has 0 bridgehead atoms. The largest absolute Gasteiger partial charge is 0.381 e. The molecule has 58 valence electrons. The fraction of sp³-hybridized carbons (Fsp3) is 0.778. The molecule has 0 aliphatic carbocycles. The maximum Gasteiger partial charge on any atom is 0.0471 e. The normalized spacial score (nSPS) is 31.9. The minimum atomic E-state index is 0.707. The summed E-state index contributed by atoms with van der Waals surface area (Å²) in [5.41, 5.74) is 0. The lowest BCUT2D eigenvalue weighted by Gasteiger charge is -2.03. The minimum absolute atomic E-state index is 0.707. The van der Waals surface area contributed by atoms with Crippen LogP contribution in [0.1, 0.15) is 26.2 Å². The van der Waals surface area contributed by atoms with Crippen molar-refractivity contribution in [3.63, 3.8) is 0 Å². The van der Waals surface area contributed by atoms with Crippen LogP contribution in [0.15, 0.2) is 12.2 Å². The Bertz CT molecular complexity index is 107. The number of hydrogen-bond acceptors (Lipinski definition) is 1. The van der Waals surface area contributed by atoms with Gasteiger partial charge in [-0.05, 0) is 25.2 Å². The van der Waals surface area contributed by atoms with E-state index in [9.17, 15) is 0 Å². The van der Waals surface area contributed by atoms with Crippen molar-refractivity contribution in [1.82, 2.24) is 0 Å². The second kappa shape index (κ2) is 4.51. The first-order chi connectivity index (χ1) is 4.89. The molecule has 1 aliphatic rings. The molecule has 1 heterocycles. The van der Waals surface area contributed by atoms with Gasteiger partial charge in [-0.2, -0.15) is 0 Å². The molecule has 0 aromatic rings. The molecule has 0 aromatic heterocycles. The van der Waals surface area contributed by atoms with Crippen LogP contribution in [-0.2, 0) is 4.74 Å². The van der Waals surface area contributed by atoms with E-state index in [-0.39, 0.29) is 0 Å². The average molecular weight is 140 g/mol. The zero-order chi connectivity index (χ0) is 7.23. The van der Waals surface area contributed by atoms with Crippen molar-refractivity contribution in [1.29, 1.82) is 0 Å². The molecule has 1 aliphatic heterocycles. The Hall–Kier alpha value is -0.300.